The van der Waals surface area contributed by atoms with E-state index in [4.69, 9.17) is 0 Å². The number of aromatic nitrogens is 2. The van der Waals surface area contributed by atoms with Gasteiger partial charge in [0.25, 0.3) is 0 Å². The van der Waals surface area contributed by atoms with E-state index in [1.54, 1.807) is 24.0 Å². The lowest BCUT2D eigenvalue weighted by Gasteiger charge is -2.15. The quantitative estimate of drug-likeness (QED) is 0.519. The zero-order chi connectivity index (χ0) is 15.0. The van der Waals surface area contributed by atoms with Crippen LogP contribution < -0.4 is 5.32 Å². The summed E-state index contributed by atoms with van der Waals surface area (Å²) in [5, 5.41) is 7.15. The fraction of sp³-hybridized carbons (Fsp3) is 0.615. The Hall–Kier alpha value is -1.18. The highest BCUT2D eigenvalue weighted by atomic mass is 32.2. The standard InChI is InChI=1S/C13H24N4O2S/c1-4-5-6-9-16(3)20(18,19)13-11-15-17(12-13)10-7-8-14-2/h4,11-12,14H,1,5-10H2,2-3H3. The Morgan fingerprint density at radius 2 is 2.25 bits per heavy atom. The topological polar surface area (TPSA) is 67.2 Å². The van der Waals surface area contributed by atoms with E-state index in [0.29, 0.717) is 13.1 Å². The third-order valence-electron chi connectivity index (χ3n) is 3.01. The molecule has 0 radical (unpaired) electrons. The number of hydrogen-bond donors (Lipinski definition) is 1. The van der Waals surface area contributed by atoms with Crippen molar-refractivity contribution < 1.29 is 8.42 Å². The van der Waals surface area contributed by atoms with E-state index in [0.717, 1.165) is 25.8 Å². The molecule has 7 heteroatoms. The molecule has 0 fully saturated rings. The number of hydrogen-bond acceptors (Lipinski definition) is 4. The molecule has 0 spiro atoms. The Labute approximate surface area is 121 Å². The third kappa shape index (κ3) is 4.73. The van der Waals surface area contributed by atoms with Crippen molar-refractivity contribution in [2.45, 2.75) is 30.7 Å². The maximum Gasteiger partial charge on any atom is 0.245 e. The van der Waals surface area contributed by atoms with Crippen LogP contribution in [0.25, 0.3) is 0 Å². The molecular formula is C13H24N4O2S. The lowest BCUT2D eigenvalue weighted by molar-refractivity contribution is 0.462. The van der Waals surface area contributed by atoms with E-state index in [9.17, 15) is 8.42 Å². The Kier molecular flexibility index (Phi) is 6.90. The zero-order valence-electron chi connectivity index (χ0n) is 12.2. The van der Waals surface area contributed by atoms with Crippen LogP contribution in [0.4, 0.5) is 0 Å². The summed E-state index contributed by atoms with van der Waals surface area (Å²) in [6.07, 6.45) is 7.29. The maximum absolute atomic E-state index is 12.3. The van der Waals surface area contributed by atoms with Gasteiger partial charge in [-0.25, -0.2) is 12.7 Å². The molecule has 6 nitrogen and oxygen atoms in total. The van der Waals surface area contributed by atoms with Gasteiger partial charge in [-0.2, -0.15) is 5.10 Å². The molecule has 0 aliphatic rings. The highest BCUT2D eigenvalue weighted by Gasteiger charge is 2.21. The van der Waals surface area contributed by atoms with E-state index < -0.39 is 10.0 Å². The van der Waals surface area contributed by atoms with Crippen molar-refractivity contribution in [3.05, 3.63) is 25.0 Å². The van der Waals surface area contributed by atoms with E-state index in [1.165, 1.54) is 10.5 Å². The molecule has 0 saturated heterocycles. The lowest BCUT2D eigenvalue weighted by Crippen LogP contribution is -2.27. The molecule has 0 atom stereocenters. The van der Waals surface area contributed by atoms with Crippen LogP contribution in [0.2, 0.25) is 0 Å². The maximum atomic E-state index is 12.3. The molecule has 0 amide bonds. The predicted octanol–water partition coefficient (Wildman–Crippen LogP) is 1.08. The van der Waals surface area contributed by atoms with Gasteiger partial charge >= 0.3 is 0 Å². The van der Waals surface area contributed by atoms with Crippen LogP contribution in [0.5, 0.6) is 0 Å². The van der Waals surface area contributed by atoms with Gasteiger partial charge in [-0.05, 0) is 32.9 Å². The Bertz CT molecular complexity index is 510. The van der Waals surface area contributed by atoms with Gasteiger partial charge in [0.2, 0.25) is 10.0 Å². The molecule has 20 heavy (non-hydrogen) atoms. The number of sulfonamides is 1. The Balaban J connectivity index is 2.64. The van der Waals surface area contributed by atoms with Gasteiger partial charge in [-0.3, -0.25) is 4.68 Å². The Morgan fingerprint density at radius 1 is 1.50 bits per heavy atom. The summed E-state index contributed by atoms with van der Waals surface area (Å²) in [5.41, 5.74) is 0. The number of allylic oxidation sites excluding steroid dienone is 1. The molecule has 0 aliphatic carbocycles. The minimum absolute atomic E-state index is 0.253. The van der Waals surface area contributed by atoms with E-state index >= 15 is 0 Å². The number of aryl methyl sites for hydroxylation is 1. The molecule has 0 saturated carbocycles. The molecule has 1 aromatic heterocycles. The molecular weight excluding hydrogens is 276 g/mol. The van der Waals surface area contributed by atoms with Crippen LogP contribution in [-0.4, -0.2) is 49.7 Å². The summed E-state index contributed by atoms with van der Waals surface area (Å²) in [6.45, 7) is 5.70. The molecule has 1 heterocycles. The fourth-order valence-corrected chi connectivity index (χ4v) is 2.94. The van der Waals surface area contributed by atoms with Crippen molar-refractivity contribution in [1.29, 1.82) is 0 Å². The van der Waals surface area contributed by atoms with Crippen molar-refractivity contribution in [2.24, 2.45) is 0 Å². The summed E-state index contributed by atoms with van der Waals surface area (Å²) in [6, 6.07) is 0. The molecule has 1 rings (SSSR count). The normalized spacial score (nSPS) is 11.9. The van der Waals surface area contributed by atoms with E-state index in [2.05, 4.69) is 17.0 Å². The first kappa shape index (κ1) is 16.9. The van der Waals surface area contributed by atoms with Crippen molar-refractivity contribution in [3.63, 3.8) is 0 Å². The second-order valence-corrected chi connectivity index (χ2v) is 6.70. The highest BCUT2D eigenvalue weighted by Crippen LogP contribution is 2.14. The van der Waals surface area contributed by atoms with Gasteiger partial charge in [-0.1, -0.05) is 6.08 Å². The van der Waals surface area contributed by atoms with Gasteiger partial charge in [0.1, 0.15) is 4.90 Å². The predicted molar refractivity (Wildman–Crippen MR) is 80.0 cm³/mol. The zero-order valence-corrected chi connectivity index (χ0v) is 13.1. The van der Waals surface area contributed by atoms with Gasteiger partial charge in [0.15, 0.2) is 0 Å². The second kappa shape index (κ2) is 8.18. The average Bonchev–Trinajstić information content (AvgIpc) is 2.88. The van der Waals surface area contributed by atoms with E-state index in [-0.39, 0.29) is 4.90 Å². The molecule has 114 valence electrons. The summed E-state index contributed by atoms with van der Waals surface area (Å²) in [4.78, 5) is 0.253. The summed E-state index contributed by atoms with van der Waals surface area (Å²) in [7, 11) is 0.0510. The van der Waals surface area contributed by atoms with Gasteiger partial charge < -0.3 is 5.32 Å². The van der Waals surface area contributed by atoms with Crippen molar-refractivity contribution >= 4 is 10.0 Å². The summed E-state index contributed by atoms with van der Waals surface area (Å²) in [5.74, 6) is 0. The van der Waals surface area contributed by atoms with Gasteiger partial charge in [0, 0.05) is 26.3 Å². The minimum atomic E-state index is -3.43. The van der Waals surface area contributed by atoms with Crippen LogP contribution in [-0.2, 0) is 16.6 Å². The summed E-state index contributed by atoms with van der Waals surface area (Å²) >= 11 is 0. The smallest absolute Gasteiger partial charge is 0.245 e. The molecule has 1 aromatic rings. The van der Waals surface area contributed by atoms with Crippen molar-refractivity contribution in [1.82, 2.24) is 19.4 Å². The summed E-state index contributed by atoms with van der Waals surface area (Å²) < 4.78 is 27.6. The van der Waals surface area contributed by atoms with Gasteiger partial charge in [-0.15, -0.1) is 6.58 Å². The number of nitrogens with zero attached hydrogens (tertiary/aromatic N) is 3. The lowest BCUT2D eigenvalue weighted by atomic mass is 10.3. The Morgan fingerprint density at radius 3 is 2.90 bits per heavy atom. The fourth-order valence-electron chi connectivity index (χ4n) is 1.78. The third-order valence-corrected chi connectivity index (χ3v) is 4.82. The minimum Gasteiger partial charge on any atom is -0.320 e. The molecule has 0 aromatic carbocycles. The SMILES string of the molecule is C=CCCCN(C)S(=O)(=O)c1cnn(CCCNC)c1. The average molecular weight is 300 g/mol. The van der Waals surface area contributed by atoms with Gasteiger partial charge in [0.05, 0.1) is 6.20 Å². The monoisotopic (exact) mass is 300 g/mol. The largest absolute Gasteiger partial charge is 0.320 e. The van der Waals surface area contributed by atoms with E-state index in [1.807, 2.05) is 7.05 Å². The van der Waals surface area contributed by atoms with Crippen LogP contribution in [0.15, 0.2) is 29.9 Å². The number of unbranched alkanes of at least 4 members (excludes halogenated alkanes) is 1. The van der Waals surface area contributed by atoms with Crippen LogP contribution in [0.1, 0.15) is 19.3 Å². The first-order valence-corrected chi connectivity index (χ1v) is 8.20. The number of nitrogens with one attached hydrogen (secondary N) is 1. The number of rotatable bonds is 10. The second-order valence-electron chi connectivity index (χ2n) is 4.65. The molecule has 1 N–H and O–H groups in total. The molecule has 0 aliphatic heterocycles. The van der Waals surface area contributed by atoms with Crippen molar-refractivity contribution in [3.8, 4) is 0 Å². The molecule has 0 unspecified atom stereocenters. The van der Waals surface area contributed by atoms with Crippen molar-refractivity contribution in [2.75, 3.05) is 27.2 Å². The van der Waals surface area contributed by atoms with Crippen LogP contribution in [0.3, 0.4) is 0 Å². The first-order valence-electron chi connectivity index (χ1n) is 6.76. The van der Waals surface area contributed by atoms with Crippen LogP contribution in [0, 0.1) is 0 Å². The molecule has 0 bridgehead atoms. The first-order chi connectivity index (χ1) is 9.52. The highest BCUT2D eigenvalue weighted by molar-refractivity contribution is 7.89. The van der Waals surface area contributed by atoms with Crippen LogP contribution >= 0.6 is 0 Å².